The Morgan fingerprint density at radius 2 is 1.84 bits per heavy atom. The Hall–Kier alpha value is -1.90. The zero-order valence-electron chi connectivity index (χ0n) is 18.8. The first-order chi connectivity index (χ1) is 15.1. The lowest BCUT2D eigenvalue weighted by molar-refractivity contribution is 0.113. The molecule has 0 N–H and O–H groups in total. The molecule has 2 fully saturated rings. The van der Waals surface area contributed by atoms with Gasteiger partial charge in [0.15, 0.2) is 17.4 Å². The smallest absolute Gasteiger partial charge is 0.191 e. The summed E-state index contributed by atoms with van der Waals surface area (Å²) in [6.07, 6.45) is 14.9. The number of hydrogen-bond acceptors (Lipinski definition) is 1. The summed E-state index contributed by atoms with van der Waals surface area (Å²) >= 11 is 0. The number of halogens is 2. The fourth-order valence-electron chi connectivity index (χ4n) is 6.09. The quantitative estimate of drug-likeness (QED) is 0.303. The Kier molecular flexibility index (Phi) is 7.30. The van der Waals surface area contributed by atoms with Crippen molar-refractivity contribution in [1.82, 2.24) is 0 Å². The largest absolute Gasteiger partial charge is 0.483 e. The number of unbranched alkanes of at least 4 members (excludes halogenated alkanes) is 2. The minimum Gasteiger partial charge on any atom is -0.483 e. The molecule has 2 aliphatic rings. The van der Waals surface area contributed by atoms with Crippen LogP contribution in [-0.4, -0.2) is 6.61 Å². The van der Waals surface area contributed by atoms with Crippen LogP contribution in [-0.2, 0) is 0 Å². The van der Waals surface area contributed by atoms with E-state index in [1.54, 1.807) is 6.07 Å². The van der Waals surface area contributed by atoms with Crippen molar-refractivity contribution in [3.8, 4) is 5.75 Å². The molecule has 3 heteroatoms. The van der Waals surface area contributed by atoms with E-state index in [9.17, 15) is 8.78 Å². The molecule has 2 aliphatic carbocycles. The van der Waals surface area contributed by atoms with E-state index in [1.807, 2.05) is 12.1 Å². The molecule has 0 spiro atoms. The van der Waals surface area contributed by atoms with Crippen LogP contribution in [0, 0.1) is 29.4 Å². The monoisotopic (exact) mass is 426 g/mol. The summed E-state index contributed by atoms with van der Waals surface area (Å²) < 4.78 is 34.4. The third-order valence-corrected chi connectivity index (χ3v) is 7.77. The van der Waals surface area contributed by atoms with Crippen molar-refractivity contribution in [2.75, 3.05) is 6.61 Å². The van der Waals surface area contributed by atoms with E-state index in [0.717, 1.165) is 17.8 Å². The van der Waals surface area contributed by atoms with Crippen molar-refractivity contribution >= 4 is 10.8 Å². The van der Waals surface area contributed by atoms with Crippen LogP contribution < -0.4 is 4.74 Å². The van der Waals surface area contributed by atoms with Gasteiger partial charge in [0, 0.05) is 5.39 Å². The van der Waals surface area contributed by atoms with Crippen molar-refractivity contribution in [2.45, 2.75) is 77.0 Å². The van der Waals surface area contributed by atoms with E-state index in [4.69, 9.17) is 4.74 Å². The first-order valence-electron chi connectivity index (χ1n) is 12.3. The van der Waals surface area contributed by atoms with E-state index in [2.05, 4.69) is 13.5 Å². The van der Waals surface area contributed by atoms with Crippen molar-refractivity contribution in [3.63, 3.8) is 0 Å². The molecule has 0 radical (unpaired) electrons. The topological polar surface area (TPSA) is 9.23 Å². The summed E-state index contributed by atoms with van der Waals surface area (Å²) in [5.74, 6) is 1.58. The summed E-state index contributed by atoms with van der Waals surface area (Å²) in [5.41, 5.74) is 1.23. The molecule has 0 aliphatic heterocycles. The highest BCUT2D eigenvalue weighted by Gasteiger charge is 2.35. The van der Waals surface area contributed by atoms with Gasteiger partial charge in [-0.3, -0.25) is 0 Å². The Morgan fingerprint density at radius 1 is 1.03 bits per heavy atom. The van der Waals surface area contributed by atoms with Crippen molar-refractivity contribution in [3.05, 3.63) is 54.1 Å². The number of fused-ring (bicyclic) bond motifs is 2. The third-order valence-electron chi connectivity index (χ3n) is 7.77. The van der Waals surface area contributed by atoms with E-state index in [-0.39, 0.29) is 12.4 Å². The lowest BCUT2D eigenvalue weighted by atomic mass is 9.63. The second-order valence-electron chi connectivity index (χ2n) is 9.79. The molecule has 2 aromatic rings. The molecule has 31 heavy (non-hydrogen) atoms. The van der Waals surface area contributed by atoms with Crippen molar-refractivity contribution < 1.29 is 13.5 Å². The van der Waals surface area contributed by atoms with E-state index < -0.39 is 11.6 Å². The molecule has 4 rings (SSSR count). The summed E-state index contributed by atoms with van der Waals surface area (Å²) in [6, 6.07) is 7.26. The summed E-state index contributed by atoms with van der Waals surface area (Å²) in [6.45, 7) is 5.91. The van der Waals surface area contributed by atoms with Crippen LogP contribution in [0.1, 0.15) is 82.6 Å². The number of hydrogen-bond donors (Lipinski definition) is 0. The van der Waals surface area contributed by atoms with Gasteiger partial charge in [-0.1, -0.05) is 69.9 Å². The van der Waals surface area contributed by atoms with Gasteiger partial charge >= 0.3 is 0 Å². The van der Waals surface area contributed by atoms with E-state index in [0.29, 0.717) is 16.7 Å². The summed E-state index contributed by atoms with van der Waals surface area (Å²) in [4.78, 5) is 0. The Balaban J connectivity index is 1.45. The second kappa shape index (κ2) is 10.1. The molecule has 0 bridgehead atoms. The Bertz CT molecular complexity index is 906. The standard InChI is InChI=1S/C28H36F2O/c1-3-5-6-7-19-8-9-21-16-22(11-10-20(21)15-19)23-12-13-25-24(17-23)18-26(29)28(27(25)30)31-14-4-2/h4,12-13,17-22H,2-3,5-11,14-16H2,1H3/t19?,20-,21?,22-/m1/s1. The Labute approximate surface area is 185 Å². The van der Waals surface area contributed by atoms with Gasteiger partial charge in [-0.15, -0.1) is 0 Å². The van der Waals surface area contributed by atoms with Gasteiger partial charge in [0.05, 0.1) is 0 Å². The molecule has 2 unspecified atom stereocenters. The van der Waals surface area contributed by atoms with Crippen LogP contribution in [0.2, 0.25) is 0 Å². The van der Waals surface area contributed by atoms with Crippen LogP contribution in [0.25, 0.3) is 10.8 Å². The first kappa shape index (κ1) is 22.3. The molecule has 4 atom stereocenters. The average Bonchev–Trinajstić information content (AvgIpc) is 2.78. The normalized spacial score (nSPS) is 25.9. The highest BCUT2D eigenvalue weighted by Crippen LogP contribution is 2.48. The van der Waals surface area contributed by atoms with Crippen LogP contribution in [0.15, 0.2) is 36.9 Å². The maximum atomic E-state index is 14.8. The molecular weight excluding hydrogens is 390 g/mol. The van der Waals surface area contributed by atoms with Gasteiger partial charge in [-0.05, 0) is 72.8 Å². The molecule has 2 aromatic carbocycles. The van der Waals surface area contributed by atoms with Crippen molar-refractivity contribution in [2.24, 2.45) is 17.8 Å². The SMILES string of the molecule is C=CCOc1c(F)cc2cc([C@@H]3CC[C@@H]4CC(CCCCC)CCC4C3)ccc2c1F. The van der Waals surface area contributed by atoms with E-state index >= 15 is 0 Å². The lowest BCUT2D eigenvalue weighted by Gasteiger charge is -2.42. The molecular formula is C28H36F2O. The zero-order chi connectivity index (χ0) is 21.8. The minimum absolute atomic E-state index is 0.0848. The first-order valence-corrected chi connectivity index (χ1v) is 12.3. The minimum atomic E-state index is -0.644. The number of rotatable bonds is 8. The highest BCUT2D eigenvalue weighted by atomic mass is 19.1. The molecule has 168 valence electrons. The second-order valence-corrected chi connectivity index (χ2v) is 9.79. The molecule has 0 heterocycles. The maximum Gasteiger partial charge on any atom is 0.191 e. The Morgan fingerprint density at radius 3 is 2.65 bits per heavy atom. The molecule has 0 aromatic heterocycles. The summed E-state index contributed by atoms with van der Waals surface area (Å²) in [7, 11) is 0. The van der Waals surface area contributed by atoms with Gasteiger partial charge in [0.2, 0.25) is 0 Å². The molecule has 0 saturated heterocycles. The molecule has 0 amide bonds. The molecule has 2 saturated carbocycles. The summed E-state index contributed by atoms with van der Waals surface area (Å²) in [5, 5.41) is 1.05. The predicted molar refractivity (Wildman–Crippen MR) is 125 cm³/mol. The maximum absolute atomic E-state index is 14.8. The van der Waals surface area contributed by atoms with Crippen LogP contribution in [0.4, 0.5) is 8.78 Å². The van der Waals surface area contributed by atoms with Crippen LogP contribution >= 0.6 is 0 Å². The fourth-order valence-corrected chi connectivity index (χ4v) is 6.09. The average molecular weight is 427 g/mol. The van der Waals surface area contributed by atoms with Gasteiger partial charge < -0.3 is 4.74 Å². The number of ether oxygens (including phenoxy) is 1. The van der Waals surface area contributed by atoms with Gasteiger partial charge in [-0.2, -0.15) is 0 Å². The van der Waals surface area contributed by atoms with Gasteiger partial charge in [0.25, 0.3) is 0 Å². The fraction of sp³-hybridized carbons (Fsp3) is 0.571. The third kappa shape index (κ3) is 4.96. The number of benzene rings is 2. The predicted octanol–water partition coefficient (Wildman–Crippen LogP) is 8.56. The molecule has 1 nitrogen and oxygen atoms in total. The van der Waals surface area contributed by atoms with Crippen molar-refractivity contribution in [1.29, 1.82) is 0 Å². The van der Waals surface area contributed by atoms with Gasteiger partial charge in [0.1, 0.15) is 6.61 Å². The van der Waals surface area contributed by atoms with Crippen LogP contribution in [0.3, 0.4) is 0 Å². The lowest BCUT2D eigenvalue weighted by Crippen LogP contribution is -2.30. The van der Waals surface area contributed by atoms with Crippen LogP contribution in [0.5, 0.6) is 5.75 Å². The van der Waals surface area contributed by atoms with E-state index in [1.165, 1.54) is 81.9 Å². The highest BCUT2D eigenvalue weighted by molar-refractivity contribution is 5.85. The zero-order valence-corrected chi connectivity index (χ0v) is 18.8. The van der Waals surface area contributed by atoms with Gasteiger partial charge in [-0.25, -0.2) is 8.78 Å².